The van der Waals surface area contributed by atoms with E-state index in [4.69, 9.17) is 15.2 Å². The van der Waals surface area contributed by atoms with Gasteiger partial charge in [0.15, 0.2) is 6.04 Å². The maximum absolute atomic E-state index is 12.0. The molecule has 0 saturated carbocycles. The molecule has 24 heavy (non-hydrogen) atoms. The van der Waals surface area contributed by atoms with Crippen molar-refractivity contribution >= 4 is 11.9 Å². The van der Waals surface area contributed by atoms with Crippen LogP contribution in [0, 0.1) is 0 Å². The number of amides is 1. The van der Waals surface area contributed by atoms with E-state index in [-0.39, 0.29) is 13.2 Å². The van der Waals surface area contributed by atoms with Crippen LogP contribution in [-0.2, 0) is 25.7 Å². The van der Waals surface area contributed by atoms with E-state index in [0.717, 1.165) is 5.56 Å². The van der Waals surface area contributed by atoms with Gasteiger partial charge in [-0.2, -0.15) is 0 Å². The van der Waals surface area contributed by atoms with Crippen LogP contribution in [0.15, 0.2) is 43.0 Å². The van der Waals surface area contributed by atoms with Crippen LogP contribution in [-0.4, -0.2) is 48.4 Å². The van der Waals surface area contributed by atoms with Crippen molar-refractivity contribution in [2.75, 3.05) is 13.2 Å². The van der Waals surface area contributed by atoms with E-state index < -0.39 is 30.1 Å². The highest BCUT2D eigenvalue weighted by atomic mass is 16.5. The second-order valence-corrected chi connectivity index (χ2v) is 5.25. The van der Waals surface area contributed by atoms with Gasteiger partial charge in [-0.25, -0.2) is 4.79 Å². The van der Waals surface area contributed by atoms with Gasteiger partial charge >= 0.3 is 5.97 Å². The Morgan fingerprint density at radius 2 is 2.04 bits per heavy atom. The highest BCUT2D eigenvalue weighted by Gasteiger charge is 2.28. The number of ether oxygens (including phenoxy) is 2. The number of aliphatic hydroxyl groups excluding tert-OH is 1. The van der Waals surface area contributed by atoms with Gasteiger partial charge in [-0.15, -0.1) is 0 Å². The normalized spacial score (nSPS) is 14.3. The van der Waals surface area contributed by atoms with Gasteiger partial charge in [-0.05, 0) is 12.5 Å². The molecule has 4 N–H and O–H groups in total. The first kappa shape index (κ1) is 19.8. The molecular formula is C17H24N2O5. The average molecular weight is 336 g/mol. The lowest BCUT2D eigenvalue weighted by atomic mass is 10.1. The fourth-order valence-corrected chi connectivity index (χ4v) is 1.82. The van der Waals surface area contributed by atoms with Crippen molar-refractivity contribution in [3.05, 3.63) is 48.6 Å². The summed E-state index contributed by atoms with van der Waals surface area (Å²) in [6.45, 7) is 5.09. The molecule has 0 aliphatic heterocycles. The van der Waals surface area contributed by atoms with Gasteiger partial charge in [0.05, 0.1) is 19.3 Å². The fraction of sp³-hybridized carbons (Fsp3) is 0.412. The molecule has 1 aromatic carbocycles. The van der Waals surface area contributed by atoms with E-state index in [9.17, 15) is 14.7 Å². The number of carbonyl (C=O) groups excluding carboxylic acids is 2. The van der Waals surface area contributed by atoms with Crippen molar-refractivity contribution in [3.8, 4) is 0 Å². The summed E-state index contributed by atoms with van der Waals surface area (Å²) in [6, 6.07) is 7.28. The van der Waals surface area contributed by atoms with E-state index in [0.29, 0.717) is 6.61 Å². The zero-order valence-corrected chi connectivity index (χ0v) is 13.7. The number of rotatable bonds is 10. The standard InChI is InChI=1S/C17H24N2O5/c1-3-9-24-17(22)15(12(2)20)19-16(21)14(18)11-23-10-13-7-5-4-6-8-13/h3-8,12,14-15,20H,1,9-11,18H2,2H3,(H,19,21)/t12-,14+,15+/m1/s1. The molecule has 1 rings (SSSR count). The van der Waals surface area contributed by atoms with Crippen LogP contribution < -0.4 is 11.1 Å². The molecule has 0 fully saturated rings. The minimum absolute atomic E-state index is 0.00976. The third-order valence-electron chi connectivity index (χ3n) is 3.12. The Balaban J connectivity index is 2.45. The average Bonchev–Trinajstić information content (AvgIpc) is 2.57. The molecule has 132 valence electrons. The topological polar surface area (TPSA) is 111 Å². The Kier molecular flexibility index (Phi) is 8.70. The van der Waals surface area contributed by atoms with Crippen molar-refractivity contribution < 1.29 is 24.2 Å². The molecule has 7 nitrogen and oxygen atoms in total. The molecule has 0 spiro atoms. The zero-order chi connectivity index (χ0) is 17.9. The van der Waals surface area contributed by atoms with Crippen LogP contribution in [0.25, 0.3) is 0 Å². The van der Waals surface area contributed by atoms with Crippen molar-refractivity contribution in [2.24, 2.45) is 5.73 Å². The number of esters is 1. The Labute approximate surface area is 141 Å². The Morgan fingerprint density at radius 3 is 2.62 bits per heavy atom. The molecule has 0 radical (unpaired) electrons. The molecule has 1 aromatic rings. The molecule has 0 bridgehead atoms. The number of carbonyl (C=O) groups is 2. The smallest absolute Gasteiger partial charge is 0.331 e. The van der Waals surface area contributed by atoms with Gasteiger partial charge in [0.2, 0.25) is 5.91 Å². The van der Waals surface area contributed by atoms with Gasteiger partial charge in [0.25, 0.3) is 0 Å². The summed E-state index contributed by atoms with van der Waals surface area (Å²) < 4.78 is 10.2. The lowest BCUT2D eigenvalue weighted by Gasteiger charge is -2.21. The Hall–Kier alpha value is -2.22. The monoisotopic (exact) mass is 336 g/mol. The molecular weight excluding hydrogens is 312 g/mol. The first-order valence-corrected chi connectivity index (χ1v) is 7.59. The van der Waals surface area contributed by atoms with Crippen LogP contribution in [0.4, 0.5) is 0 Å². The van der Waals surface area contributed by atoms with E-state index in [1.807, 2.05) is 30.3 Å². The highest BCUT2D eigenvalue weighted by Crippen LogP contribution is 2.02. The lowest BCUT2D eigenvalue weighted by Crippen LogP contribution is -2.54. The summed E-state index contributed by atoms with van der Waals surface area (Å²) in [5.74, 6) is -1.36. The Bertz CT molecular complexity index is 533. The first-order chi connectivity index (χ1) is 11.5. The third-order valence-corrected chi connectivity index (χ3v) is 3.12. The van der Waals surface area contributed by atoms with E-state index in [2.05, 4.69) is 11.9 Å². The predicted octanol–water partition coefficient (Wildman–Crippen LogP) is 0.125. The highest BCUT2D eigenvalue weighted by molar-refractivity contribution is 5.87. The molecule has 0 aliphatic carbocycles. The maximum Gasteiger partial charge on any atom is 0.331 e. The third kappa shape index (κ3) is 6.91. The molecule has 0 saturated heterocycles. The minimum atomic E-state index is -1.20. The Morgan fingerprint density at radius 1 is 1.38 bits per heavy atom. The first-order valence-electron chi connectivity index (χ1n) is 7.59. The van der Waals surface area contributed by atoms with Gasteiger partial charge in [0.1, 0.15) is 12.6 Å². The molecule has 0 aromatic heterocycles. The lowest BCUT2D eigenvalue weighted by molar-refractivity contribution is -0.150. The summed E-state index contributed by atoms with van der Waals surface area (Å²) in [6.07, 6.45) is 0.269. The number of aliphatic hydroxyl groups is 1. The molecule has 0 heterocycles. The minimum Gasteiger partial charge on any atom is -0.460 e. The molecule has 0 aliphatic rings. The van der Waals surface area contributed by atoms with Crippen molar-refractivity contribution in [3.63, 3.8) is 0 Å². The predicted molar refractivity (Wildman–Crippen MR) is 88.8 cm³/mol. The van der Waals surface area contributed by atoms with Crippen LogP contribution in [0.3, 0.4) is 0 Å². The molecule has 0 unspecified atom stereocenters. The van der Waals surface area contributed by atoms with E-state index in [1.54, 1.807) is 0 Å². The molecule has 7 heteroatoms. The van der Waals surface area contributed by atoms with Gasteiger partial charge in [0, 0.05) is 0 Å². The van der Waals surface area contributed by atoms with E-state index in [1.165, 1.54) is 13.0 Å². The summed E-state index contributed by atoms with van der Waals surface area (Å²) in [4.78, 5) is 23.8. The van der Waals surface area contributed by atoms with Gasteiger partial charge in [-0.3, -0.25) is 4.79 Å². The number of benzene rings is 1. The van der Waals surface area contributed by atoms with Crippen LogP contribution in [0.5, 0.6) is 0 Å². The van der Waals surface area contributed by atoms with Crippen LogP contribution in [0.2, 0.25) is 0 Å². The van der Waals surface area contributed by atoms with Crippen molar-refractivity contribution in [1.29, 1.82) is 0 Å². The van der Waals surface area contributed by atoms with Crippen molar-refractivity contribution in [2.45, 2.75) is 31.7 Å². The second-order valence-electron chi connectivity index (χ2n) is 5.25. The van der Waals surface area contributed by atoms with Crippen LogP contribution in [0.1, 0.15) is 12.5 Å². The summed E-state index contributed by atoms with van der Waals surface area (Å²) in [5, 5.41) is 12.0. The summed E-state index contributed by atoms with van der Waals surface area (Å²) in [5.41, 5.74) is 6.70. The largest absolute Gasteiger partial charge is 0.460 e. The summed E-state index contributed by atoms with van der Waals surface area (Å²) in [7, 11) is 0. The maximum atomic E-state index is 12.0. The number of nitrogens with two attached hydrogens (primary N) is 1. The number of hydrogen-bond donors (Lipinski definition) is 3. The van der Waals surface area contributed by atoms with Crippen LogP contribution >= 0.6 is 0 Å². The van der Waals surface area contributed by atoms with Gasteiger partial charge in [-0.1, -0.05) is 43.0 Å². The molecule has 3 atom stereocenters. The summed E-state index contributed by atoms with van der Waals surface area (Å²) >= 11 is 0. The number of hydrogen-bond acceptors (Lipinski definition) is 6. The van der Waals surface area contributed by atoms with Gasteiger partial charge < -0.3 is 25.6 Å². The quantitative estimate of drug-likeness (QED) is 0.414. The van der Waals surface area contributed by atoms with Crippen molar-refractivity contribution in [1.82, 2.24) is 5.32 Å². The zero-order valence-electron chi connectivity index (χ0n) is 13.7. The second kappa shape index (κ2) is 10.5. The SMILES string of the molecule is C=CCOC(=O)[C@@H](NC(=O)[C@@H](N)COCc1ccccc1)[C@@H](C)O. The fourth-order valence-electron chi connectivity index (χ4n) is 1.82. The number of nitrogens with one attached hydrogen (secondary N) is 1. The van der Waals surface area contributed by atoms with E-state index >= 15 is 0 Å². The molecule has 1 amide bonds.